The number of amides is 2. The number of carboxylic acid groups (broad SMARTS) is 1. The molecule has 0 aromatic heterocycles. The van der Waals surface area contributed by atoms with Gasteiger partial charge in [0, 0.05) is 19.1 Å². The fraction of sp³-hybridized carbons (Fsp3) is 0.857. The molecule has 1 aliphatic carbocycles. The quantitative estimate of drug-likeness (QED) is 0.823. The van der Waals surface area contributed by atoms with Gasteiger partial charge < -0.3 is 15.3 Å². The summed E-state index contributed by atoms with van der Waals surface area (Å²) in [5.74, 6) is -0.252. The highest BCUT2D eigenvalue weighted by Crippen LogP contribution is 2.40. The molecule has 5 heteroatoms. The van der Waals surface area contributed by atoms with Crippen LogP contribution < -0.4 is 5.32 Å². The van der Waals surface area contributed by atoms with Crippen molar-refractivity contribution in [1.29, 1.82) is 0 Å². The molecule has 2 unspecified atom stereocenters. The van der Waals surface area contributed by atoms with Crippen molar-refractivity contribution >= 4 is 12.0 Å². The topological polar surface area (TPSA) is 69.6 Å². The van der Waals surface area contributed by atoms with Crippen LogP contribution in [0.15, 0.2) is 0 Å². The van der Waals surface area contributed by atoms with Crippen LogP contribution in [0.1, 0.15) is 46.0 Å². The SMILES string of the molecule is CC1CCC(C)N(C(=O)NCC2(C(=O)O)CCC2)C1. The van der Waals surface area contributed by atoms with Gasteiger partial charge in [-0.1, -0.05) is 13.3 Å². The highest BCUT2D eigenvalue weighted by atomic mass is 16.4. The summed E-state index contributed by atoms with van der Waals surface area (Å²) in [7, 11) is 0. The van der Waals surface area contributed by atoms with E-state index in [1.165, 1.54) is 0 Å². The number of carbonyl (C=O) groups excluding carboxylic acids is 1. The number of nitrogens with zero attached hydrogens (tertiary/aromatic N) is 1. The Kier molecular flexibility index (Phi) is 4.02. The van der Waals surface area contributed by atoms with E-state index < -0.39 is 11.4 Å². The van der Waals surface area contributed by atoms with Crippen LogP contribution in [0, 0.1) is 11.3 Å². The van der Waals surface area contributed by atoms with E-state index >= 15 is 0 Å². The molecule has 2 fully saturated rings. The van der Waals surface area contributed by atoms with Gasteiger partial charge in [0.05, 0.1) is 5.41 Å². The molecule has 0 aromatic carbocycles. The molecule has 1 saturated carbocycles. The first-order valence-electron chi connectivity index (χ1n) is 7.22. The summed E-state index contributed by atoms with van der Waals surface area (Å²) in [5, 5.41) is 12.1. The first-order chi connectivity index (χ1) is 8.94. The number of aliphatic carboxylic acids is 1. The normalized spacial score (nSPS) is 29.5. The minimum atomic E-state index is -0.779. The van der Waals surface area contributed by atoms with Crippen molar-refractivity contribution in [2.24, 2.45) is 11.3 Å². The van der Waals surface area contributed by atoms with Gasteiger partial charge in [-0.3, -0.25) is 4.79 Å². The number of hydrogen-bond donors (Lipinski definition) is 2. The highest BCUT2D eigenvalue weighted by Gasteiger charge is 2.44. The zero-order valence-electron chi connectivity index (χ0n) is 11.8. The second-order valence-electron chi connectivity index (χ2n) is 6.28. The summed E-state index contributed by atoms with van der Waals surface area (Å²) in [6, 6.07) is 0.143. The molecule has 2 amide bonds. The molecule has 0 radical (unpaired) electrons. The van der Waals surface area contributed by atoms with E-state index in [1.54, 1.807) is 0 Å². The zero-order chi connectivity index (χ0) is 14.0. The van der Waals surface area contributed by atoms with Gasteiger partial charge in [0.25, 0.3) is 0 Å². The number of urea groups is 1. The average molecular weight is 268 g/mol. The summed E-state index contributed by atoms with van der Waals surface area (Å²) in [6.07, 6.45) is 4.48. The molecule has 2 N–H and O–H groups in total. The smallest absolute Gasteiger partial charge is 0.317 e. The van der Waals surface area contributed by atoms with Crippen molar-refractivity contribution in [1.82, 2.24) is 10.2 Å². The van der Waals surface area contributed by atoms with Crippen LogP contribution in [-0.4, -0.2) is 41.1 Å². The molecular weight excluding hydrogens is 244 g/mol. The second kappa shape index (κ2) is 5.39. The number of piperidine rings is 1. The zero-order valence-corrected chi connectivity index (χ0v) is 11.8. The van der Waals surface area contributed by atoms with E-state index in [9.17, 15) is 14.7 Å². The van der Waals surface area contributed by atoms with Crippen LogP contribution >= 0.6 is 0 Å². The van der Waals surface area contributed by atoms with Gasteiger partial charge in [0.1, 0.15) is 0 Å². The fourth-order valence-electron chi connectivity index (χ4n) is 2.99. The Labute approximate surface area is 114 Å². The third-order valence-electron chi connectivity index (χ3n) is 4.72. The minimum Gasteiger partial charge on any atom is -0.481 e. The number of carboxylic acids is 1. The minimum absolute atomic E-state index is 0.105. The van der Waals surface area contributed by atoms with Gasteiger partial charge in [-0.15, -0.1) is 0 Å². The molecule has 108 valence electrons. The predicted octanol–water partition coefficient (Wildman–Crippen LogP) is 2.07. The van der Waals surface area contributed by atoms with Crippen LogP contribution in [0.4, 0.5) is 4.79 Å². The molecule has 0 aromatic rings. The van der Waals surface area contributed by atoms with Gasteiger partial charge >= 0.3 is 12.0 Å². The standard InChI is InChI=1S/C14H24N2O3/c1-10-4-5-11(2)16(8-10)13(19)15-9-14(12(17)18)6-3-7-14/h10-11H,3-9H2,1-2H3,(H,15,19)(H,17,18). The van der Waals surface area contributed by atoms with Crippen molar-refractivity contribution < 1.29 is 14.7 Å². The molecule has 1 aliphatic heterocycles. The molecule has 1 saturated heterocycles. The number of nitrogens with one attached hydrogen (secondary N) is 1. The maximum Gasteiger partial charge on any atom is 0.317 e. The van der Waals surface area contributed by atoms with Crippen LogP contribution in [0.3, 0.4) is 0 Å². The van der Waals surface area contributed by atoms with E-state index in [4.69, 9.17) is 0 Å². The largest absolute Gasteiger partial charge is 0.481 e. The van der Waals surface area contributed by atoms with E-state index in [0.29, 0.717) is 18.8 Å². The molecule has 2 aliphatic rings. The van der Waals surface area contributed by atoms with Crippen molar-refractivity contribution in [3.63, 3.8) is 0 Å². The molecule has 2 atom stereocenters. The van der Waals surface area contributed by atoms with Gasteiger partial charge in [-0.2, -0.15) is 0 Å². The van der Waals surface area contributed by atoms with Gasteiger partial charge in [0.15, 0.2) is 0 Å². The van der Waals surface area contributed by atoms with E-state index in [-0.39, 0.29) is 18.6 Å². The Morgan fingerprint density at radius 1 is 1.32 bits per heavy atom. The number of carbonyl (C=O) groups is 2. The van der Waals surface area contributed by atoms with E-state index in [2.05, 4.69) is 19.2 Å². The number of hydrogen-bond acceptors (Lipinski definition) is 2. The predicted molar refractivity (Wildman–Crippen MR) is 71.9 cm³/mol. The lowest BCUT2D eigenvalue weighted by atomic mass is 9.69. The van der Waals surface area contributed by atoms with E-state index in [0.717, 1.165) is 25.8 Å². The van der Waals surface area contributed by atoms with E-state index in [1.807, 2.05) is 4.90 Å². The Hall–Kier alpha value is -1.26. The third kappa shape index (κ3) is 2.85. The van der Waals surface area contributed by atoms with Crippen molar-refractivity contribution in [3.8, 4) is 0 Å². The van der Waals surface area contributed by atoms with Gasteiger partial charge in [0.2, 0.25) is 0 Å². The lowest BCUT2D eigenvalue weighted by Gasteiger charge is -2.40. The van der Waals surface area contributed by atoms with Gasteiger partial charge in [-0.05, 0) is 38.5 Å². The maximum atomic E-state index is 12.2. The van der Waals surface area contributed by atoms with Gasteiger partial charge in [-0.25, -0.2) is 4.79 Å². The Morgan fingerprint density at radius 2 is 2.00 bits per heavy atom. The summed E-state index contributed by atoms with van der Waals surface area (Å²) >= 11 is 0. The first kappa shape index (κ1) is 14.2. The van der Waals surface area contributed by atoms with Crippen LogP contribution in [0.5, 0.6) is 0 Å². The first-order valence-corrected chi connectivity index (χ1v) is 7.22. The fourth-order valence-corrected chi connectivity index (χ4v) is 2.99. The van der Waals surface area contributed by atoms with Crippen molar-refractivity contribution in [3.05, 3.63) is 0 Å². The van der Waals surface area contributed by atoms with Crippen molar-refractivity contribution in [2.75, 3.05) is 13.1 Å². The highest BCUT2D eigenvalue weighted by molar-refractivity contribution is 5.79. The average Bonchev–Trinajstić information content (AvgIpc) is 2.30. The molecule has 19 heavy (non-hydrogen) atoms. The molecule has 5 nitrogen and oxygen atoms in total. The Balaban J connectivity index is 1.88. The lowest BCUT2D eigenvalue weighted by molar-refractivity contribution is -0.153. The Bertz CT molecular complexity index is 366. The van der Waals surface area contributed by atoms with Crippen LogP contribution in [0.2, 0.25) is 0 Å². The van der Waals surface area contributed by atoms with Crippen LogP contribution in [0.25, 0.3) is 0 Å². The van der Waals surface area contributed by atoms with Crippen molar-refractivity contribution in [2.45, 2.75) is 52.0 Å². The Morgan fingerprint density at radius 3 is 2.53 bits per heavy atom. The molecule has 0 bridgehead atoms. The summed E-state index contributed by atoms with van der Waals surface area (Å²) in [6.45, 7) is 5.24. The molecular formula is C14H24N2O3. The molecule has 2 rings (SSSR count). The summed E-state index contributed by atoms with van der Waals surface area (Å²) in [4.78, 5) is 25.3. The third-order valence-corrected chi connectivity index (χ3v) is 4.72. The van der Waals surface area contributed by atoms with Crippen LogP contribution in [-0.2, 0) is 4.79 Å². The lowest BCUT2D eigenvalue weighted by Crippen LogP contribution is -2.54. The second-order valence-corrected chi connectivity index (χ2v) is 6.28. The monoisotopic (exact) mass is 268 g/mol. The number of rotatable bonds is 3. The molecule has 1 heterocycles. The summed E-state index contributed by atoms with van der Waals surface area (Å²) in [5.41, 5.74) is -0.708. The maximum absolute atomic E-state index is 12.2. The number of likely N-dealkylation sites (tertiary alicyclic amines) is 1. The molecule has 0 spiro atoms. The summed E-state index contributed by atoms with van der Waals surface area (Å²) < 4.78 is 0.